The Morgan fingerprint density at radius 3 is 2.42 bits per heavy atom. The van der Waals surface area contributed by atoms with E-state index in [1.165, 1.54) is 0 Å². The highest BCUT2D eigenvalue weighted by molar-refractivity contribution is 5.99. The molecule has 1 amide bonds. The van der Waals surface area contributed by atoms with Gasteiger partial charge < -0.3 is 14.8 Å². The topological polar surface area (TPSA) is 64.6 Å². The summed E-state index contributed by atoms with van der Waals surface area (Å²) in [6.07, 6.45) is 0.348. The lowest BCUT2D eigenvalue weighted by Gasteiger charge is -2.11. The minimum atomic E-state index is -0.165. The van der Waals surface area contributed by atoms with E-state index in [0.717, 1.165) is 16.7 Å². The van der Waals surface area contributed by atoms with Crippen molar-refractivity contribution in [1.82, 2.24) is 5.32 Å². The first-order valence-corrected chi connectivity index (χ1v) is 8.52. The van der Waals surface area contributed by atoms with Crippen molar-refractivity contribution < 1.29 is 19.1 Å². The van der Waals surface area contributed by atoms with E-state index in [1.807, 2.05) is 44.2 Å². The predicted molar refractivity (Wildman–Crippen MR) is 101 cm³/mol. The summed E-state index contributed by atoms with van der Waals surface area (Å²) in [6, 6.07) is 11.2. The Balaban J connectivity index is 1.89. The number of hydrogen-bond donors (Lipinski definition) is 1. The molecule has 0 bridgehead atoms. The second-order valence-corrected chi connectivity index (χ2v) is 6.20. The monoisotopic (exact) mass is 355 g/mol. The van der Waals surface area contributed by atoms with Crippen LogP contribution < -0.4 is 14.8 Å². The Morgan fingerprint density at radius 1 is 0.962 bits per heavy atom. The number of carbonyl (C=O) groups is 2. The standard InChI is InChI=1S/C21H25NO4/c1-14-5-6-15(2)18(11-14)19(23)9-10-21(24)22-13-16-7-8-17(25-3)12-20(16)26-4/h5-8,11-12H,9-10,13H2,1-4H3,(H,22,24). The third kappa shape index (κ3) is 5.09. The van der Waals surface area contributed by atoms with E-state index in [0.29, 0.717) is 23.6 Å². The Labute approximate surface area is 154 Å². The summed E-state index contributed by atoms with van der Waals surface area (Å²) in [6.45, 7) is 4.19. The van der Waals surface area contributed by atoms with Crippen LogP contribution in [0.15, 0.2) is 36.4 Å². The number of amides is 1. The first kappa shape index (κ1) is 19.5. The Hall–Kier alpha value is -2.82. The van der Waals surface area contributed by atoms with E-state index in [2.05, 4.69) is 5.32 Å². The second-order valence-electron chi connectivity index (χ2n) is 6.20. The fourth-order valence-corrected chi connectivity index (χ4v) is 2.68. The van der Waals surface area contributed by atoms with Gasteiger partial charge in [0.05, 0.1) is 14.2 Å². The molecule has 2 aromatic rings. The highest BCUT2D eigenvalue weighted by Gasteiger charge is 2.12. The van der Waals surface area contributed by atoms with Crippen LogP contribution in [-0.2, 0) is 11.3 Å². The number of ether oxygens (including phenoxy) is 2. The number of nitrogens with one attached hydrogen (secondary N) is 1. The Bertz CT molecular complexity index is 799. The van der Waals surface area contributed by atoms with Gasteiger partial charge in [0.25, 0.3) is 0 Å². The largest absolute Gasteiger partial charge is 0.497 e. The summed E-state index contributed by atoms with van der Waals surface area (Å²) < 4.78 is 10.5. The average molecular weight is 355 g/mol. The van der Waals surface area contributed by atoms with Crippen LogP contribution in [0, 0.1) is 13.8 Å². The number of rotatable bonds is 8. The first-order valence-electron chi connectivity index (χ1n) is 8.52. The van der Waals surface area contributed by atoms with Gasteiger partial charge in [-0.05, 0) is 37.6 Å². The molecule has 0 radical (unpaired) electrons. The van der Waals surface area contributed by atoms with Crippen molar-refractivity contribution in [1.29, 1.82) is 0 Å². The van der Waals surface area contributed by atoms with Gasteiger partial charge in [0.2, 0.25) is 5.91 Å². The maximum absolute atomic E-state index is 12.4. The molecule has 0 fully saturated rings. The maximum atomic E-state index is 12.4. The van der Waals surface area contributed by atoms with Gasteiger partial charge in [-0.2, -0.15) is 0 Å². The van der Waals surface area contributed by atoms with Gasteiger partial charge in [0.15, 0.2) is 5.78 Å². The first-order chi connectivity index (χ1) is 12.4. The SMILES string of the molecule is COc1ccc(CNC(=O)CCC(=O)c2cc(C)ccc2C)c(OC)c1. The van der Waals surface area contributed by atoms with E-state index in [9.17, 15) is 9.59 Å². The lowest BCUT2D eigenvalue weighted by molar-refractivity contribution is -0.121. The molecular formula is C21H25NO4. The van der Waals surface area contributed by atoms with Gasteiger partial charge in [-0.1, -0.05) is 17.7 Å². The number of benzene rings is 2. The molecule has 26 heavy (non-hydrogen) atoms. The molecule has 5 heteroatoms. The number of aryl methyl sites for hydroxylation is 2. The smallest absolute Gasteiger partial charge is 0.220 e. The van der Waals surface area contributed by atoms with Crippen molar-refractivity contribution in [3.05, 3.63) is 58.7 Å². The number of hydrogen-bond acceptors (Lipinski definition) is 4. The number of carbonyl (C=O) groups excluding carboxylic acids is 2. The van der Waals surface area contributed by atoms with E-state index in [4.69, 9.17) is 9.47 Å². The lowest BCUT2D eigenvalue weighted by Crippen LogP contribution is -2.23. The summed E-state index contributed by atoms with van der Waals surface area (Å²) in [5.74, 6) is 1.16. The molecule has 1 N–H and O–H groups in total. The van der Waals surface area contributed by atoms with Gasteiger partial charge in [-0.15, -0.1) is 0 Å². The van der Waals surface area contributed by atoms with Crippen molar-refractivity contribution in [2.45, 2.75) is 33.2 Å². The summed E-state index contributed by atoms with van der Waals surface area (Å²) in [7, 11) is 3.16. The molecule has 0 aliphatic rings. The van der Waals surface area contributed by atoms with Crippen LogP contribution in [0.2, 0.25) is 0 Å². The Kier molecular flexibility index (Phi) is 6.78. The molecule has 0 atom stereocenters. The summed E-state index contributed by atoms with van der Waals surface area (Å²) in [5, 5.41) is 2.83. The maximum Gasteiger partial charge on any atom is 0.220 e. The third-order valence-electron chi connectivity index (χ3n) is 4.24. The van der Waals surface area contributed by atoms with E-state index in [-0.39, 0.29) is 24.5 Å². The quantitative estimate of drug-likeness (QED) is 0.735. The highest BCUT2D eigenvalue weighted by Crippen LogP contribution is 2.24. The molecule has 138 valence electrons. The summed E-state index contributed by atoms with van der Waals surface area (Å²) in [4.78, 5) is 24.5. The molecule has 5 nitrogen and oxygen atoms in total. The number of Topliss-reactive ketones (excluding diaryl/α,β-unsaturated/α-hetero) is 1. The fraction of sp³-hybridized carbons (Fsp3) is 0.333. The lowest BCUT2D eigenvalue weighted by atomic mass is 9.99. The predicted octanol–water partition coefficient (Wildman–Crippen LogP) is 3.60. The van der Waals surface area contributed by atoms with Gasteiger partial charge in [-0.3, -0.25) is 9.59 Å². The van der Waals surface area contributed by atoms with Crippen molar-refractivity contribution >= 4 is 11.7 Å². The van der Waals surface area contributed by atoms with Crippen LogP contribution in [-0.4, -0.2) is 25.9 Å². The summed E-state index contributed by atoms with van der Waals surface area (Å²) >= 11 is 0. The molecule has 0 unspecified atom stereocenters. The molecule has 0 aliphatic carbocycles. The molecule has 0 heterocycles. The molecule has 0 saturated carbocycles. The zero-order chi connectivity index (χ0) is 19.1. The van der Waals surface area contributed by atoms with Gasteiger partial charge >= 0.3 is 0 Å². The minimum Gasteiger partial charge on any atom is -0.497 e. The van der Waals surface area contributed by atoms with Crippen molar-refractivity contribution in [2.24, 2.45) is 0 Å². The highest BCUT2D eigenvalue weighted by atomic mass is 16.5. The van der Waals surface area contributed by atoms with E-state index in [1.54, 1.807) is 20.3 Å². The van der Waals surface area contributed by atoms with E-state index < -0.39 is 0 Å². The molecule has 2 rings (SSSR count). The molecule has 0 saturated heterocycles. The van der Waals surface area contributed by atoms with Gasteiger partial charge in [-0.25, -0.2) is 0 Å². The molecule has 0 aliphatic heterocycles. The van der Waals surface area contributed by atoms with Crippen LogP contribution in [0.5, 0.6) is 11.5 Å². The average Bonchev–Trinajstić information content (AvgIpc) is 2.66. The molecule has 2 aromatic carbocycles. The summed E-state index contributed by atoms with van der Waals surface area (Å²) in [5.41, 5.74) is 3.51. The van der Waals surface area contributed by atoms with E-state index >= 15 is 0 Å². The third-order valence-corrected chi connectivity index (χ3v) is 4.24. The van der Waals surface area contributed by atoms with Crippen molar-refractivity contribution in [3.63, 3.8) is 0 Å². The molecule has 0 spiro atoms. The molecular weight excluding hydrogens is 330 g/mol. The molecule has 0 aromatic heterocycles. The van der Waals surface area contributed by atoms with Crippen LogP contribution in [0.1, 0.15) is 39.9 Å². The minimum absolute atomic E-state index is 0.0108. The Morgan fingerprint density at radius 2 is 1.73 bits per heavy atom. The zero-order valence-electron chi connectivity index (χ0n) is 15.7. The van der Waals surface area contributed by atoms with Crippen molar-refractivity contribution in [2.75, 3.05) is 14.2 Å². The van der Waals surface area contributed by atoms with Gasteiger partial charge in [0, 0.05) is 36.6 Å². The number of ketones is 1. The van der Waals surface area contributed by atoms with Gasteiger partial charge in [0.1, 0.15) is 11.5 Å². The number of methoxy groups -OCH3 is 2. The normalized spacial score (nSPS) is 10.3. The van der Waals surface area contributed by atoms with Crippen LogP contribution >= 0.6 is 0 Å². The second kappa shape index (κ2) is 9.04. The van der Waals surface area contributed by atoms with Crippen LogP contribution in [0.3, 0.4) is 0 Å². The van der Waals surface area contributed by atoms with Crippen LogP contribution in [0.4, 0.5) is 0 Å². The van der Waals surface area contributed by atoms with Crippen LogP contribution in [0.25, 0.3) is 0 Å². The fourth-order valence-electron chi connectivity index (χ4n) is 2.68. The zero-order valence-corrected chi connectivity index (χ0v) is 15.7. The van der Waals surface area contributed by atoms with Crippen molar-refractivity contribution in [3.8, 4) is 11.5 Å².